The second-order valence-corrected chi connectivity index (χ2v) is 5.75. The van der Waals surface area contributed by atoms with Crippen molar-refractivity contribution in [2.45, 2.75) is 19.5 Å². The molecule has 0 aliphatic rings. The van der Waals surface area contributed by atoms with Crippen LogP contribution < -0.4 is 10.4 Å². The summed E-state index contributed by atoms with van der Waals surface area (Å²) in [4.78, 5) is 12.1. The molecule has 0 aliphatic carbocycles. The van der Waals surface area contributed by atoms with Crippen molar-refractivity contribution in [2.75, 3.05) is 0 Å². The van der Waals surface area contributed by atoms with Gasteiger partial charge in [-0.2, -0.15) is 9.36 Å². The van der Waals surface area contributed by atoms with Crippen LogP contribution in [0.25, 0.3) is 5.69 Å². The molecule has 0 amide bonds. The number of benzene rings is 2. The molecule has 7 nitrogen and oxygen atoms in total. The van der Waals surface area contributed by atoms with Crippen molar-refractivity contribution in [3.63, 3.8) is 0 Å². The van der Waals surface area contributed by atoms with Crippen molar-refractivity contribution in [3.05, 3.63) is 63.6 Å². The van der Waals surface area contributed by atoms with Crippen LogP contribution in [0.2, 0.25) is 0 Å². The predicted molar refractivity (Wildman–Crippen MR) is 89.0 cm³/mol. The minimum atomic E-state index is -2.95. The molecular weight excluding hydrogens is 384 g/mol. The summed E-state index contributed by atoms with van der Waals surface area (Å²) in [6.07, 6.45) is -5.85. The third-order valence-corrected chi connectivity index (χ3v) is 3.97. The summed E-state index contributed by atoms with van der Waals surface area (Å²) < 4.78 is 60.4. The van der Waals surface area contributed by atoms with Gasteiger partial charge in [0.15, 0.2) is 0 Å². The van der Waals surface area contributed by atoms with Crippen LogP contribution >= 0.6 is 0 Å². The Bertz CT molecular complexity index is 1050. The zero-order valence-electron chi connectivity index (χ0n) is 14.4. The van der Waals surface area contributed by atoms with Crippen molar-refractivity contribution in [3.8, 4) is 17.2 Å². The molecule has 0 radical (unpaired) electrons. The fourth-order valence-corrected chi connectivity index (χ4v) is 2.60. The van der Waals surface area contributed by atoms with E-state index in [2.05, 4.69) is 10.4 Å². The maximum absolute atomic E-state index is 13.5. The van der Waals surface area contributed by atoms with E-state index in [-0.39, 0.29) is 22.7 Å². The van der Waals surface area contributed by atoms with E-state index in [0.29, 0.717) is 0 Å². The molecule has 0 unspecified atom stereocenters. The van der Waals surface area contributed by atoms with E-state index in [0.717, 1.165) is 33.6 Å². The van der Waals surface area contributed by atoms with Crippen LogP contribution in [0.4, 0.5) is 17.6 Å². The first-order valence-electron chi connectivity index (χ1n) is 7.92. The first-order valence-corrected chi connectivity index (χ1v) is 7.92. The highest BCUT2D eigenvalue weighted by atomic mass is 19.3. The van der Waals surface area contributed by atoms with E-state index in [9.17, 15) is 27.5 Å². The molecule has 11 heteroatoms. The van der Waals surface area contributed by atoms with Gasteiger partial charge in [0.05, 0.1) is 11.3 Å². The Kier molecular flexibility index (Phi) is 5.34. The summed E-state index contributed by atoms with van der Waals surface area (Å²) in [5.41, 5.74) is -1.81. The summed E-state index contributed by atoms with van der Waals surface area (Å²) in [6.45, 7) is -0.538. The number of nitrogens with zero attached hydrogens (tertiary/aromatic N) is 4. The number of halogens is 4. The molecule has 0 bridgehead atoms. The van der Waals surface area contributed by atoms with E-state index >= 15 is 0 Å². The molecule has 0 fully saturated rings. The van der Waals surface area contributed by atoms with Crippen LogP contribution in [0.5, 0.6) is 11.5 Å². The highest BCUT2D eigenvalue weighted by Crippen LogP contribution is 2.34. The second-order valence-electron chi connectivity index (χ2n) is 5.75. The highest BCUT2D eigenvalue weighted by Gasteiger charge is 2.21. The van der Waals surface area contributed by atoms with Gasteiger partial charge in [-0.15, -0.1) is 0 Å². The molecule has 28 heavy (non-hydrogen) atoms. The summed E-state index contributed by atoms with van der Waals surface area (Å²) >= 11 is 0. The zero-order valence-corrected chi connectivity index (χ0v) is 14.4. The molecule has 0 saturated carbocycles. The minimum absolute atomic E-state index is 0.00623. The first kappa shape index (κ1) is 19.4. The average Bonchev–Trinajstić information content (AvgIpc) is 2.99. The molecule has 3 rings (SSSR count). The normalized spacial score (nSPS) is 11.4. The number of hydrogen-bond donors (Lipinski definition) is 1. The Morgan fingerprint density at radius 3 is 2.39 bits per heavy atom. The fourth-order valence-electron chi connectivity index (χ4n) is 2.60. The molecule has 2 aromatic carbocycles. The van der Waals surface area contributed by atoms with Gasteiger partial charge in [-0.05, 0) is 34.7 Å². The van der Waals surface area contributed by atoms with E-state index in [1.807, 2.05) is 0 Å². The molecule has 0 saturated heterocycles. The van der Waals surface area contributed by atoms with Crippen molar-refractivity contribution < 1.29 is 27.4 Å². The Hall–Kier alpha value is -3.37. The van der Waals surface area contributed by atoms with Crippen molar-refractivity contribution >= 4 is 0 Å². The molecule has 0 atom stereocenters. The monoisotopic (exact) mass is 398 g/mol. The topological polar surface area (TPSA) is 82.2 Å². The van der Waals surface area contributed by atoms with Crippen molar-refractivity contribution in [1.82, 2.24) is 19.8 Å². The van der Waals surface area contributed by atoms with Gasteiger partial charge in [0.25, 0.3) is 12.9 Å². The van der Waals surface area contributed by atoms with Gasteiger partial charge in [-0.3, -0.25) is 0 Å². The van der Waals surface area contributed by atoms with Crippen molar-refractivity contribution in [1.29, 1.82) is 0 Å². The van der Waals surface area contributed by atoms with Gasteiger partial charge < -0.3 is 9.84 Å². The summed E-state index contributed by atoms with van der Waals surface area (Å²) in [5, 5.41) is 16.5. The van der Waals surface area contributed by atoms with Gasteiger partial charge in [0.2, 0.25) is 0 Å². The predicted octanol–water partition coefficient (Wildman–Crippen LogP) is 3.13. The van der Waals surface area contributed by atoms with Gasteiger partial charge in [-0.1, -0.05) is 12.1 Å². The number of aromatic hydroxyl groups is 1. The van der Waals surface area contributed by atoms with Gasteiger partial charge in [0.1, 0.15) is 18.1 Å². The lowest BCUT2D eigenvalue weighted by molar-refractivity contribution is 0.140. The first-order chi connectivity index (χ1) is 13.3. The Morgan fingerprint density at radius 2 is 1.79 bits per heavy atom. The number of aromatic nitrogens is 4. The number of phenolic OH excluding ortho intramolecular Hbond substituents is 1. The smallest absolute Gasteiger partial charge is 0.368 e. The molecule has 1 N–H and O–H groups in total. The molecule has 1 aromatic heterocycles. The summed E-state index contributed by atoms with van der Waals surface area (Å²) in [6, 6.07) is 6.88. The van der Waals surface area contributed by atoms with Crippen LogP contribution in [-0.4, -0.2) is 24.9 Å². The van der Waals surface area contributed by atoms with Gasteiger partial charge in [0, 0.05) is 18.2 Å². The third-order valence-electron chi connectivity index (χ3n) is 3.97. The average molecular weight is 398 g/mol. The minimum Gasteiger partial charge on any atom is -0.508 e. The Balaban J connectivity index is 2.04. The second kappa shape index (κ2) is 7.71. The van der Waals surface area contributed by atoms with Crippen molar-refractivity contribution in [2.24, 2.45) is 7.05 Å². The Labute approximate surface area is 155 Å². The Morgan fingerprint density at radius 1 is 1.07 bits per heavy atom. The van der Waals surface area contributed by atoms with E-state index < -0.39 is 36.3 Å². The number of alkyl halides is 4. The number of tetrazole rings is 1. The largest absolute Gasteiger partial charge is 0.508 e. The molecular formula is C17H14F4N4O3. The number of aryl methyl sites for hydroxylation is 1. The van der Waals surface area contributed by atoms with Gasteiger partial charge in [-0.25, -0.2) is 22.4 Å². The van der Waals surface area contributed by atoms with E-state index in [4.69, 9.17) is 4.74 Å². The third kappa shape index (κ3) is 3.68. The highest BCUT2D eigenvalue weighted by molar-refractivity contribution is 5.46. The molecule has 1 heterocycles. The summed E-state index contributed by atoms with van der Waals surface area (Å²) in [5.74, 6) is -0.670. The van der Waals surface area contributed by atoms with Crippen LogP contribution in [0.15, 0.2) is 41.2 Å². The number of phenols is 1. The lowest BCUT2D eigenvalue weighted by Gasteiger charge is -2.16. The number of rotatable bonds is 6. The summed E-state index contributed by atoms with van der Waals surface area (Å²) in [7, 11) is 1.34. The maximum Gasteiger partial charge on any atom is 0.368 e. The van der Waals surface area contributed by atoms with Crippen LogP contribution in [-0.2, 0) is 13.7 Å². The number of hydrogen-bond acceptors (Lipinski definition) is 5. The molecule has 148 valence electrons. The van der Waals surface area contributed by atoms with Crippen LogP contribution in [0, 0.1) is 0 Å². The maximum atomic E-state index is 13.5. The fraction of sp³-hybridized carbons (Fsp3) is 0.235. The lowest BCUT2D eigenvalue weighted by atomic mass is 10.1. The molecule has 0 spiro atoms. The molecule has 3 aromatic rings. The molecule has 0 aliphatic heterocycles. The quantitative estimate of drug-likeness (QED) is 0.646. The van der Waals surface area contributed by atoms with E-state index in [1.54, 1.807) is 0 Å². The standard InChI is InChI=1S/C17H14F4N4O3/c1-24-17(27)25(23-22-24)13-4-2-3-10(15(18)19)12(13)8-28-14-6-5-9(26)7-11(14)16(20)21/h2-7,15-16,26H,8H2,1H3. The van der Waals surface area contributed by atoms with Crippen LogP contribution in [0.3, 0.4) is 0 Å². The lowest BCUT2D eigenvalue weighted by Crippen LogP contribution is -2.23. The van der Waals surface area contributed by atoms with Gasteiger partial charge >= 0.3 is 5.69 Å². The SMILES string of the molecule is Cn1nnn(-c2cccc(C(F)F)c2COc2ccc(O)cc2C(F)F)c1=O. The van der Waals surface area contributed by atoms with Crippen LogP contribution in [0.1, 0.15) is 29.5 Å². The number of ether oxygens (including phenoxy) is 1. The van der Waals surface area contributed by atoms with E-state index in [1.165, 1.54) is 19.2 Å². The zero-order chi connectivity index (χ0) is 20.4.